The van der Waals surface area contributed by atoms with E-state index in [0.717, 1.165) is 73.4 Å². The van der Waals surface area contributed by atoms with Crippen LogP contribution in [0.5, 0.6) is 0 Å². The Balaban J connectivity index is 1.28. The second-order valence-corrected chi connectivity index (χ2v) is 11.1. The molecule has 0 aromatic carbocycles. The monoisotopic (exact) mass is 443 g/mol. The zero-order valence-corrected chi connectivity index (χ0v) is 20.6. The van der Waals surface area contributed by atoms with Gasteiger partial charge in [-0.15, -0.1) is 10.2 Å². The van der Waals surface area contributed by atoms with Gasteiger partial charge in [0.25, 0.3) is 0 Å². The van der Waals surface area contributed by atoms with Gasteiger partial charge in [0.15, 0.2) is 5.16 Å². The standard InChI is InChI=1S/C23H37N7S/c1-17-26-27-22(28(17)5)31-14-6-9-29-10-12-30(13-11-29)20-16-19(15-18-7-8-18)24-21(25-20)23(2,3)4/h16,18H,6-15H2,1-5H3. The van der Waals surface area contributed by atoms with Crippen molar-refractivity contribution in [2.75, 3.05) is 43.4 Å². The molecule has 8 heteroatoms. The lowest BCUT2D eigenvalue weighted by molar-refractivity contribution is 0.258. The van der Waals surface area contributed by atoms with Crippen LogP contribution in [-0.4, -0.2) is 68.1 Å². The van der Waals surface area contributed by atoms with Gasteiger partial charge in [-0.05, 0) is 45.1 Å². The third-order valence-electron chi connectivity index (χ3n) is 6.23. The number of piperazine rings is 1. The van der Waals surface area contributed by atoms with Crippen LogP contribution in [0.1, 0.15) is 57.4 Å². The third kappa shape index (κ3) is 5.98. The lowest BCUT2D eigenvalue weighted by Crippen LogP contribution is -2.47. The lowest BCUT2D eigenvalue weighted by atomic mass is 9.95. The molecule has 4 rings (SSSR count). The Morgan fingerprint density at radius 1 is 1.06 bits per heavy atom. The first-order chi connectivity index (χ1) is 14.8. The van der Waals surface area contributed by atoms with Crippen LogP contribution in [0, 0.1) is 12.8 Å². The van der Waals surface area contributed by atoms with Crippen molar-refractivity contribution >= 4 is 17.6 Å². The summed E-state index contributed by atoms with van der Waals surface area (Å²) in [6.45, 7) is 14.1. The highest BCUT2D eigenvalue weighted by atomic mass is 32.2. The molecule has 0 amide bonds. The third-order valence-corrected chi connectivity index (χ3v) is 7.34. The summed E-state index contributed by atoms with van der Waals surface area (Å²) in [7, 11) is 2.03. The number of aryl methyl sites for hydroxylation is 1. The van der Waals surface area contributed by atoms with Gasteiger partial charge in [0, 0.05) is 56.2 Å². The fourth-order valence-corrected chi connectivity index (χ4v) is 4.75. The van der Waals surface area contributed by atoms with Crippen molar-refractivity contribution in [2.24, 2.45) is 13.0 Å². The van der Waals surface area contributed by atoms with E-state index in [2.05, 4.69) is 51.4 Å². The Hall–Kier alpha value is -1.67. The van der Waals surface area contributed by atoms with Gasteiger partial charge in [0.05, 0.1) is 0 Å². The highest BCUT2D eigenvalue weighted by Gasteiger charge is 2.26. The number of aromatic nitrogens is 5. The van der Waals surface area contributed by atoms with Crippen LogP contribution in [0.4, 0.5) is 5.82 Å². The van der Waals surface area contributed by atoms with Gasteiger partial charge in [-0.3, -0.25) is 4.90 Å². The minimum absolute atomic E-state index is 0.0188. The number of hydrogen-bond acceptors (Lipinski definition) is 7. The molecular weight excluding hydrogens is 406 g/mol. The summed E-state index contributed by atoms with van der Waals surface area (Å²) in [4.78, 5) is 14.9. The van der Waals surface area contributed by atoms with Crippen LogP contribution in [0.2, 0.25) is 0 Å². The van der Waals surface area contributed by atoms with E-state index in [9.17, 15) is 0 Å². The molecule has 3 heterocycles. The van der Waals surface area contributed by atoms with Crippen LogP contribution >= 0.6 is 11.8 Å². The fourth-order valence-electron chi connectivity index (χ4n) is 3.87. The molecule has 0 radical (unpaired) electrons. The minimum atomic E-state index is -0.0188. The van der Waals surface area contributed by atoms with E-state index in [-0.39, 0.29) is 5.41 Å². The molecule has 7 nitrogen and oxygen atoms in total. The maximum Gasteiger partial charge on any atom is 0.190 e. The van der Waals surface area contributed by atoms with Crippen molar-refractivity contribution in [3.8, 4) is 0 Å². The van der Waals surface area contributed by atoms with Gasteiger partial charge in [0.1, 0.15) is 17.5 Å². The minimum Gasteiger partial charge on any atom is -0.354 e. The molecule has 0 unspecified atom stereocenters. The van der Waals surface area contributed by atoms with Gasteiger partial charge in [0.2, 0.25) is 0 Å². The summed E-state index contributed by atoms with van der Waals surface area (Å²) in [5.74, 6) is 5.01. The Bertz CT molecular complexity index is 877. The van der Waals surface area contributed by atoms with Crippen molar-refractivity contribution in [3.63, 3.8) is 0 Å². The molecule has 170 valence electrons. The highest BCUT2D eigenvalue weighted by molar-refractivity contribution is 7.99. The molecule has 2 fully saturated rings. The SMILES string of the molecule is Cc1nnc(SCCCN2CCN(c3cc(CC4CC4)nc(C(C)(C)C)n3)CC2)n1C. The number of hydrogen-bond donors (Lipinski definition) is 0. The van der Waals surface area contributed by atoms with Crippen molar-refractivity contribution in [1.29, 1.82) is 0 Å². The number of thioether (sulfide) groups is 1. The summed E-state index contributed by atoms with van der Waals surface area (Å²) in [6, 6.07) is 2.25. The van der Waals surface area contributed by atoms with Crippen LogP contribution < -0.4 is 4.90 Å². The first kappa shape index (κ1) is 22.5. The van der Waals surface area contributed by atoms with Gasteiger partial charge < -0.3 is 9.47 Å². The maximum absolute atomic E-state index is 4.98. The average Bonchev–Trinajstić information content (AvgIpc) is 3.50. The largest absolute Gasteiger partial charge is 0.354 e. The Kier molecular flexibility index (Phi) is 6.86. The van der Waals surface area contributed by atoms with E-state index in [4.69, 9.17) is 9.97 Å². The molecule has 1 saturated heterocycles. The summed E-state index contributed by atoms with van der Waals surface area (Å²) < 4.78 is 2.06. The van der Waals surface area contributed by atoms with Crippen LogP contribution in [-0.2, 0) is 18.9 Å². The van der Waals surface area contributed by atoms with Crippen LogP contribution in [0.15, 0.2) is 11.2 Å². The Morgan fingerprint density at radius 3 is 2.42 bits per heavy atom. The van der Waals surface area contributed by atoms with Crippen molar-refractivity contribution in [1.82, 2.24) is 29.6 Å². The topological polar surface area (TPSA) is 63.0 Å². The molecule has 0 atom stereocenters. The van der Waals surface area contributed by atoms with E-state index in [1.165, 1.54) is 25.0 Å². The molecule has 2 aromatic heterocycles. The predicted molar refractivity (Wildman–Crippen MR) is 127 cm³/mol. The molecule has 31 heavy (non-hydrogen) atoms. The van der Waals surface area contributed by atoms with E-state index in [1.807, 2.05) is 14.0 Å². The average molecular weight is 444 g/mol. The summed E-state index contributed by atoms with van der Waals surface area (Å²) in [6.07, 6.45) is 5.00. The molecule has 2 aliphatic rings. The van der Waals surface area contributed by atoms with Gasteiger partial charge in [-0.2, -0.15) is 0 Å². The Labute approximate surface area is 191 Å². The van der Waals surface area contributed by atoms with Crippen LogP contribution in [0.3, 0.4) is 0 Å². The van der Waals surface area contributed by atoms with Gasteiger partial charge in [-0.25, -0.2) is 9.97 Å². The summed E-state index contributed by atoms with van der Waals surface area (Å²) >= 11 is 1.80. The molecule has 2 aromatic rings. The molecule has 0 N–H and O–H groups in total. The molecule has 1 saturated carbocycles. The first-order valence-electron chi connectivity index (χ1n) is 11.6. The highest BCUT2D eigenvalue weighted by Crippen LogP contribution is 2.33. The van der Waals surface area contributed by atoms with Crippen LogP contribution in [0.25, 0.3) is 0 Å². The molecule has 1 aliphatic carbocycles. The zero-order chi connectivity index (χ0) is 22.0. The Morgan fingerprint density at radius 2 is 1.81 bits per heavy atom. The maximum atomic E-state index is 4.98. The van der Waals surface area contributed by atoms with E-state index < -0.39 is 0 Å². The smallest absolute Gasteiger partial charge is 0.190 e. The lowest BCUT2D eigenvalue weighted by Gasteiger charge is -2.36. The van der Waals surface area contributed by atoms with Crippen molar-refractivity contribution in [2.45, 2.75) is 63.9 Å². The first-order valence-corrected chi connectivity index (χ1v) is 12.6. The predicted octanol–water partition coefficient (Wildman–Crippen LogP) is 3.47. The molecular formula is C23H37N7S. The fraction of sp³-hybridized carbons (Fsp3) is 0.739. The van der Waals surface area contributed by atoms with E-state index >= 15 is 0 Å². The van der Waals surface area contributed by atoms with E-state index in [1.54, 1.807) is 11.8 Å². The second kappa shape index (κ2) is 9.45. The molecule has 1 aliphatic heterocycles. The summed E-state index contributed by atoms with van der Waals surface area (Å²) in [5, 5.41) is 9.39. The van der Waals surface area contributed by atoms with E-state index in [0.29, 0.717) is 0 Å². The number of anilines is 1. The zero-order valence-electron chi connectivity index (χ0n) is 19.8. The van der Waals surface area contributed by atoms with Gasteiger partial charge >= 0.3 is 0 Å². The summed E-state index contributed by atoms with van der Waals surface area (Å²) in [5.41, 5.74) is 1.21. The quantitative estimate of drug-likeness (QED) is 0.457. The number of rotatable bonds is 8. The van der Waals surface area contributed by atoms with Crippen molar-refractivity contribution in [3.05, 3.63) is 23.4 Å². The van der Waals surface area contributed by atoms with Gasteiger partial charge in [-0.1, -0.05) is 32.5 Å². The molecule has 0 spiro atoms. The van der Waals surface area contributed by atoms with Crippen molar-refractivity contribution < 1.29 is 0 Å². The second-order valence-electron chi connectivity index (χ2n) is 10.1. The normalized spacial score (nSPS) is 18.0. The molecule has 0 bridgehead atoms. The number of nitrogens with zero attached hydrogens (tertiary/aromatic N) is 7.